The van der Waals surface area contributed by atoms with Crippen molar-refractivity contribution in [2.75, 3.05) is 0 Å². The van der Waals surface area contributed by atoms with Crippen molar-refractivity contribution in [2.45, 2.75) is 0 Å². The quantitative estimate of drug-likeness (QED) is 0.158. The maximum Gasteiger partial charge on any atom is 0.252 e. The molecule has 0 N–H and O–H groups in total. The van der Waals surface area contributed by atoms with Crippen LogP contribution in [0.3, 0.4) is 0 Å². The third-order valence-electron chi connectivity index (χ3n) is 15.0. The second-order valence-electron chi connectivity index (χ2n) is 18.2. The van der Waals surface area contributed by atoms with E-state index >= 15 is 0 Å². The Hall–Kier alpha value is -8.61. The minimum atomic E-state index is -0.241. The first kappa shape index (κ1) is 34.8. The molecule has 6 heteroatoms. The molecule has 0 fully saturated rings. The SMILES string of the molecule is Fc1ccc(-c2cc3c4c(c2)-n2c5cc6c7ccccc7n(-c7ccccc7)c6cc5c5cccc(c52)B4c2cccc4c5cc6c(cc5n-3c24)c2ccccc2n6-c2ccccc2)cc1. The lowest BCUT2D eigenvalue weighted by Gasteiger charge is -2.34. The van der Waals surface area contributed by atoms with E-state index in [0.717, 1.165) is 33.9 Å². The summed E-state index contributed by atoms with van der Waals surface area (Å²) < 4.78 is 24.6. The van der Waals surface area contributed by atoms with Gasteiger partial charge in [0.25, 0.3) is 6.71 Å². The standard InChI is InChI=1S/C60H34BFN4/c62-37-27-25-35(26-28-37)36-29-56-58-57(30-36)66-55-32-45-41-18-8-10-24-51(41)64(39-15-5-2-6-16-39)53(45)34-47(55)43-20-12-22-49(60(43)66)61(58)48-21-11-19-42-46-33-52-44(31-54(46)65(56)59(42)48)40-17-7-9-23-50(40)63(52)38-13-3-1-4-14-38/h1-34H. The van der Waals surface area contributed by atoms with Crippen LogP contribution < -0.4 is 16.4 Å². The summed E-state index contributed by atoms with van der Waals surface area (Å²) in [4.78, 5) is 0. The number of halogens is 1. The Kier molecular flexibility index (Phi) is 6.51. The molecule has 0 unspecified atom stereocenters. The maximum absolute atomic E-state index is 14.7. The maximum atomic E-state index is 14.7. The van der Waals surface area contributed by atoms with Gasteiger partial charge in [-0.2, -0.15) is 0 Å². The van der Waals surface area contributed by atoms with Crippen LogP contribution in [0.25, 0.3) is 121 Å². The first-order valence-electron chi connectivity index (χ1n) is 22.7. The lowest BCUT2D eigenvalue weighted by Crippen LogP contribution is -2.59. The molecule has 0 radical (unpaired) electrons. The van der Waals surface area contributed by atoms with E-state index in [0.29, 0.717) is 0 Å². The zero-order valence-corrected chi connectivity index (χ0v) is 35.4. The van der Waals surface area contributed by atoms with Gasteiger partial charge in [0.1, 0.15) is 5.82 Å². The Morgan fingerprint density at radius 3 is 1.20 bits per heavy atom. The summed E-state index contributed by atoms with van der Waals surface area (Å²) in [7, 11) is 0. The van der Waals surface area contributed by atoms with E-state index in [2.05, 4.69) is 200 Å². The summed E-state index contributed by atoms with van der Waals surface area (Å²) in [5.41, 5.74) is 20.1. The predicted octanol–water partition coefficient (Wildman–Crippen LogP) is 13.0. The lowest BCUT2D eigenvalue weighted by atomic mass is 9.34. The van der Waals surface area contributed by atoms with E-state index in [1.54, 1.807) is 12.1 Å². The monoisotopic (exact) mass is 840 g/mol. The molecule has 0 saturated carbocycles. The van der Waals surface area contributed by atoms with Crippen molar-refractivity contribution in [1.29, 1.82) is 0 Å². The summed E-state index contributed by atoms with van der Waals surface area (Å²) in [6, 6.07) is 74.4. The number of aromatic nitrogens is 4. The normalized spacial score (nSPS) is 12.9. The van der Waals surface area contributed by atoms with Crippen molar-refractivity contribution in [1.82, 2.24) is 18.3 Å². The van der Waals surface area contributed by atoms with Crippen LogP contribution in [0.2, 0.25) is 0 Å². The molecule has 0 bridgehead atoms. The van der Waals surface area contributed by atoms with Crippen LogP contribution in [0.15, 0.2) is 206 Å². The molecule has 2 aliphatic heterocycles. The smallest absolute Gasteiger partial charge is 0.252 e. The largest absolute Gasteiger partial charge is 0.310 e. The highest BCUT2D eigenvalue weighted by atomic mass is 19.1. The zero-order valence-electron chi connectivity index (χ0n) is 35.4. The second kappa shape index (κ2) is 12.3. The average Bonchev–Trinajstić information content (AvgIpc) is 4.09. The molecule has 2 aliphatic rings. The van der Waals surface area contributed by atoms with Gasteiger partial charge in [0.15, 0.2) is 0 Å². The fourth-order valence-electron chi connectivity index (χ4n) is 12.4. The van der Waals surface area contributed by atoms with E-state index in [1.807, 2.05) is 12.1 Å². The molecule has 304 valence electrons. The Bertz CT molecular complexity index is 4200. The van der Waals surface area contributed by atoms with Crippen LogP contribution in [-0.2, 0) is 0 Å². The first-order valence-corrected chi connectivity index (χ1v) is 22.7. The average molecular weight is 841 g/mol. The van der Waals surface area contributed by atoms with Crippen LogP contribution in [0, 0.1) is 5.82 Å². The van der Waals surface area contributed by atoms with E-state index in [4.69, 9.17) is 0 Å². The van der Waals surface area contributed by atoms with Gasteiger partial charge in [-0.25, -0.2) is 4.39 Å². The molecular weight excluding hydrogens is 806 g/mol. The fourth-order valence-corrected chi connectivity index (χ4v) is 12.4. The number of rotatable bonds is 3. The molecule has 0 saturated heterocycles. The summed E-state index contributed by atoms with van der Waals surface area (Å²) in [6.07, 6.45) is 0. The van der Waals surface area contributed by atoms with E-state index in [-0.39, 0.29) is 12.5 Å². The third kappa shape index (κ3) is 4.29. The third-order valence-corrected chi connectivity index (χ3v) is 15.0. The number of hydrogen-bond donors (Lipinski definition) is 0. The first-order chi connectivity index (χ1) is 32.7. The summed E-state index contributed by atoms with van der Waals surface area (Å²) in [5.74, 6) is -0.241. The van der Waals surface area contributed by atoms with Gasteiger partial charge in [-0.3, -0.25) is 0 Å². The minimum Gasteiger partial charge on any atom is -0.310 e. The van der Waals surface area contributed by atoms with Crippen molar-refractivity contribution in [3.63, 3.8) is 0 Å². The van der Waals surface area contributed by atoms with Crippen molar-refractivity contribution in [2.24, 2.45) is 0 Å². The Morgan fingerprint density at radius 2 is 0.712 bits per heavy atom. The van der Waals surface area contributed by atoms with Gasteiger partial charge in [-0.15, -0.1) is 0 Å². The van der Waals surface area contributed by atoms with Crippen molar-refractivity contribution < 1.29 is 4.39 Å². The summed E-state index contributed by atoms with van der Waals surface area (Å²) in [6.45, 7) is -0.0138. The molecule has 4 nitrogen and oxygen atoms in total. The summed E-state index contributed by atoms with van der Waals surface area (Å²) >= 11 is 0. The molecule has 4 aromatic heterocycles. The molecule has 0 aliphatic carbocycles. The molecule has 6 heterocycles. The number of nitrogens with zero attached hydrogens (tertiary/aromatic N) is 4. The molecule has 16 rings (SSSR count). The second-order valence-corrected chi connectivity index (χ2v) is 18.2. The Labute approximate surface area is 377 Å². The highest BCUT2D eigenvalue weighted by Gasteiger charge is 2.41. The van der Waals surface area contributed by atoms with Gasteiger partial charge >= 0.3 is 0 Å². The van der Waals surface area contributed by atoms with Gasteiger partial charge in [-0.05, 0) is 112 Å². The number of hydrogen-bond acceptors (Lipinski definition) is 0. The van der Waals surface area contributed by atoms with Crippen LogP contribution in [0.1, 0.15) is 0 Å². The minimum absolute atomic E-state index is 0.0138. The highest BCUT2D eigenvalue weighted by Crippen LogP contribution is 2.45. The summed E-state index contributed by atoms with van der Waals surface area (Å²) in [5, 5.41) is 9.81. The van der Waals surface area contributed by atoms with Gasteiger partial charge in [-0.1, -0.05) is 121 Å². The highest BCUT2D eigenvalue weighted by molar-refractivity contribution is 7.00. The number of para-hydroxylation sites is 6. The van der Waals surface area contributed by atoms with Crippen LogP contribution in [0.5, 0.6) is 0 Å². The van der Waals surface area contributed by atoms with Crippen LogP contribution in [-0.4, -0.2) is 25.0 Å². The number of benzene rings is 10. The topological polar surface area (TPSA) is 19.7 Å². The molecule has 0 amide bonds. The molecule has 14 aromatic rings. The molecular formula is C60H34BFN4. The molecule has 0 atom stereocenters. The number of fused-ring (bicyclic) bond motifs is 16. The Morgan fingerprint density at radius 1 is 0.303 bits per heavy atom. The van der Waals surface area contributed by atoms with Crippen molar-refractivity contribution in [3.8, 4) is 33.9 Å². The zero-order chi connectivity index (χ0) is 42.9. The van der Waals surface area contributed by atoms with Crippen LogP contribution in [0.4, 0.5) is 4.39 Å². The molecule has 10 aromatic carbocycles. The lowest BCUT2D eigenvalue weighted by molar-refractivity contribution is 0.628. The van der Waals surface area contributed by atoms with Gasteiger partial charge in [0.2, 0.25) is 0 Å². The molecule has 66 heavy (non-hydrogen) atoms. The van der Waals surface area contributed by atoms with Crippen molar-refractivity contribution in [3.05, 3.63) is 212 Å². The van der Waals surface area contributed by atoms with E-state index < -0.39 is 0 Å². The van der Waals surface area contributed by atoms with Crippen molar-refractivity contribution >= 4 is 110 Å². The van der Waals surface area contributed by atoms with Gasteiger partial charge < -0.3 is 18.3 Å². The predicted molar refractivity (Wildman–Crippen MR) is 274 cm³/mol. The van der Waals surface area contributed by atoms with Gasteiger partial charge in [0, 0.05) is 76.9 Å². The van der Waals surface area contributed by atoms with Gasteiger partial charge in [0.05, 0.1) is 33.1 Å². The Balaban J connectivity index is 1.07. The molecule has 0 spiro atoms. The van der Waals surface area contributed by atoms with Crippen LogP contribution >= 0.6 is 0 Å². The fraction of sp³-hybridized carbons (Fsp3) is 0. The van der Waals surface area contributed by atoms with E-state index in [1.165, 1.54) is 104 Å². The van der Waals surface area contributed by atoms with E-state index in [9.17, 15) is 4.39 Å².